The SMILES string of the molecule is Cc1ccc(OCC(=O)N2CCC(S(=O)(=O)c3ccccc3)CC2)cc1. The van der Waals surface area contributed by atoms with Crippen LogP contribution in [0.15, 0.2) is 59.5 Å². The second-order valence-corrected chi connectivity index (χ2v) is 8.77. The van der Waals surface area contributed by atoms with Gasteiger partial charge in [-0.3, -0.25) is 4.79 Å². The molecule has 0 saturated carbocycles. The predicted octanol–water partition coefficient (Wildman–Crippen LogP) is 2.84. The Balaban J connectivity index is 1.53. The summed E-state index contributed by atoms with van der Waals surface area (Å²) in [5.41, 5.74) is 1.13. The summed E-state index contributed by atoms with van der Waals surface area (Å²) >= 11 is 0. The molecule has 1 aliphatic rings. The van der Waals surface area contributed by atoms with E-state index in [0.29, 0.717) is 36.6 Å². The minimum Gasteiger partial charge on any atom is -0.484 e. The number of rotatable bonds is 5. The van der Waals surface area contributed by atoms with Crippen molar-refractivity contribution in [3.63, 3.8) is 0 Å². The number of hydrogen-bond acceptors (Lipinski definition) is 4. The molecule has 0 aromatic heterocycles. The van der Waals surface area contributed by atoms with E-state index < -0.39 is 15.1 Å². The van der Waals surface area contributed by atoms with Crippen molar-refractivity contribution in [2.75, 3.05) is 19.7 Å². The van der Waals surface area contributed by atoms with E-state index in [0.717, 1.165) is 5.56 Å². The fourth-order valence-electron chi connectivity index (χ4n) is 3.09. The van der Waals surface area contributed by atoms with Gasteiger partial charge in [0.1, 0.15) is 5.75 Å². The van der Waals surface area contributed by atoms with Gasteiger partial charge in [0, 0.05) is 13.1 Å². The van der Waals surface area contributed by atoms with Crippen molar-refractivity contribution in [2.45, 2.75) is 29.9 Å². The van der Waals surface area contributed by atoms with E-state index >= 15 is 0 Å². The zero-order valence-electron chi connectivity index (χ0n) is 14.8. The molecule has 0 unspecified atom stereocenters. The van der Waals surface area contributed by atoms with Crippen molar-refractivity contribution in [1.29, 1.82) is 0 Å². The van der Waals surface area contributed by atoms with Crippen LogP contribution in [-0.2, 0) is 14.6 Å². The molecule has 0 aliphatic carbocycles. The highest BCUT2D eigenvalue weighted by Crippen LogP contribution is 2.24. The van der Waals surface area contributed by atoms with Crippen molar-refractivity contribution in [3.8, 4) is 5.75 Å². The number of ether oxygens (including phenoxy) is 1. The summed E-state index contributed by atoms with van der Waals surface area (Å²) in [6.07, 6.45) is 0.904. The number of aryl methyl sites for hydroxylation is 1. The zero-order chi connectivity index (χ0) is 18.6. The Labute approximate surface area is 154 Å². The Kier molecular flexibility index (Phi) is 5.61. The minimum atomic E-state index is -3.34. The molecule has 0 bridgehead atoms. The lowest BCUT2D eigenvalue weighted by Crippen LogP contribution is -2.44. The quantitative estimate of drug-likeness (QED) is 0.808. The lowest BCUT2D eigenvalue weighted by Gasteiger charge is -2.31. The fourth-order valence-corrected chi connectivity index (χ4v) is 4.84. The summed E-state index contributed by atoms with van der Waals surface area (Å²) in [6, 6.07) is 16.0. The van der Waals surface area contributed by atoms with E-state index in [1.165, 1.54) is 0 Å². The van der Waals surface area contributed by atoms with Crippen LogP contribution < -0.4 is 4.74 Å². The van der Waals surface area contributed by atoms with E-state index in [1.54, 1.807) is 35.2 Å². The normalized spacial score (nSPS) is 15.7. The maximum absolute atomic E-state index is 12.7. The molecule has 0 atom stereocenters. The number of sulfone groups is 1. The molecule has 2 aromatic carbocycles. The van der Waals surface area contributed by atoms with E-state index in [1.807, 2.05) is 31.2 Å². The largest absolute Gasteiger partial charge is 0.484 e. The Morgan fingerprint density at radius 1 is 1.04 bits per heavy atom. The highest BCUT2D eigenvalue weighted by atomic mass is 32.2. The second-order valence-electron chi connectivity index (χ2n) is 6.54. The molecule has 1 heterocycles. The van der Waals surface area contributed by atoms with Gasteiger partial charge in [-0.15, -0.1) is 0 Å². The summed E-state index contributed by atoms with van der Waals surface area (Å²) < 4.78 is 30.9. The molecule has 0 radical (unpaired) electrons. The molecule has 1 fully saturated rings. The van der Waals surface area contributed by atoms with Crippen molar-refractivity contribution < 1.29 is 17.9 Å². The third-order valence-electron chi connectivity index (χ3n) is 4.69. The van der Waals surface area contributed by atoms with Crippen LogP contribution in [0.2, 0.25) is 0 Å². The first-order valence-electron chi connectivity index (χ1n) is 8.73. The van der Waals surface area contributed by atoms with Gasteiger partial charge in [-0.25, -0.2) is 8.42 Å². The standard InChI is InChI=1S/C20H23NO4S/c1-16-7-9-17(10-8-16)25-15-20(22)21-13-11-19(12-14-21)26(23,24)18-5-3-2-4-6-18/h2-10,19H,11-15H2,1H3. The molecule has 138 valence electrons. The van der Waals surface area contributed by atoms with Crippen molar-refractivity contribution in [1.82, 2.24) is 4.90 Å². The molecule has 0 spiro atoms. The van der Waals surface area contributed by atoms with Gasteiger partial charge in [0.2, 0.25) is 0 Å². The monoisotopic (exact) mass is 373 g/mol. The molecule has 26 heavy (non-hydrogen) atoms. The number of nitrogens with zero attached hydrogens (tertiary/aromatic N) is 1. The van der Waals surface area contributed by atoms with Gasteiger partial charge in [0.15, 0.2) is 16.4 Å². The lowest BCUT2D eigenvalue weighted by molar-refractivity contribution is -0.134. The first-order chi connectivity index (χ1) is 12.5. The molecular formula is C20H23NO4S. The molecule has 6 heteroatoms. The third-order valence-corrected chi connectivity index (χ3v) is 6.97. The van der Waals surface area contributed by atoms with Crippen molar-refractivity contribution in [3.05, 3.63) is 60.2 Å². The topological polar surface area (TPSA) is 63.7 Å². The van der Waals surface area contributed by atoms with Crippen LogP contribution in [0, 0.1) is 6.92 Å². The van der Waals surface area contributed by atoms with Crippen LogP contribution >= 0.6 is 0 Å². The number of hydrogen-bond donors (Lipinski definition) is 0. The van der Waals surface area contributed by atoms with Crippen LogP contribution in [0.1, 0.15) is 18.4 Å². The minimum absolute atomic E-state index is 0.0286. The maximum Gasteiger partial charge on any atom is 0.260 e. The number of carbonyl (C=O) groups is 1. The summed E-state index contributed by atoms with van der Waals surface area (Å²) in [7, 11) is -3.34. The van der Waals surface area contributed by atoms with Crippen LogP contribution in [0.25, 0.3) is 0 Å². The Morgan fingerprint density at radius 3 is 2.27 bits per heavy atom. The van der Waals surface area contributed by atoms with Crippen LogP contribution in [0.4, 0.5) is 0 Å². The molecule has 1 amide bonds. The highest BCUT2D eigenvalue weighted by molar-refractivity contribution is 7.92. The lowest BCUT2D eigenvalue weighted by atomic mass is 10.1. The van der Waals surface area contributed by atoms with Crippen LogP contribution in [0.3, 0.4) is 0 Å². The van der Waals surface area contributed by atoms with E-state index in [4.69, 9.17) is 4.74 Å². The Hall–Kier alpha value is -2.34. The molecule has 2 aromatic rings. The van der Waals surface area contributed by atoms with Gasteiger partial charge >= 0.3 is 0 Å². The number of benzene rings is 2. The zero-order valence-corrected chi connectivity index (χ0v) is 15.6. The second kappa shape index (κ2) is 7.91. The van der Waals surface area contributed by atoms with E-state index in [9.17, 15) is 13.2 Å². The molecule has 0 N–H and O–H groups in total. The summed E-state index contributed by atoms with van der Waals surface area (Å²) in [4.78, 5) is 14.4. The molecule has 1 aliphatic heterocycles. The van der Waals surface area contributed by atoms with E-state index in [-0.39, 0.29) is 12.5 Å². The number of piperidine rings is 1. The smallest absolute Gasteiger partial charge is 0.260 e. The number of carbonyl (C=O) groups excluding carboxylic acids is 1. The number of likely N-dealkylation sites (tertiary alicyclic amines) is 1. The van der Waals surface area contributed by atoms with Crippen LogP contribution in [-0.4, -0.2) is 44.2 Å². The summed E-state index contributed by atoms with van der Waals surface area (Å²) in [5, 5.41) is -0.438. The first kappa shape index (κ1) is 18.5. The first-order valence-corrected chi connectivity index (χ1v) is 10.3. The maximum atomic E-state index is 12.7. The fraction of sp³-hybridized carbons (Fsp3) is 0.350. The average Bonchev–Trinajstić information content (AvgIpc) is 2.68. The van der Waals surface area contributed by atoms with Gasteiger partial charge in [0.25, 0.3) is 5.91 Å². The average molecular weight is 373 g/mol. The van der Waals surface area contributed by atoms with Crippen LogP contribution in [0.5, 0.6) is 5.75 Å². The Morgan fingerprint density at radius 2 is 1.65 bits per heavy atom. The van der Waals surface area contributed by atoms with Gasteiger partial charge in [-0.1, -0.05) is 35.9 Å². The molecule has 1 saturated heterocycles. The summed E-state index contributed by atoms with van der Waals surface area (Å²) in [6.45, 7) is 2.83. The van der Waals surface area contributed by atoms with Gasteiger partial charge < -0.3 is 9.64 Å². The molecular weight excluding hydrogens is 350 g/mol. The molecule has 5 nitrogen and oxygen atoms in total. The van der Waals surface area contributed by atoms with Crippen molar-refractivity contribution >= 4 is 15.7 Å². The molecule has 3 rings (SSSR count). The highest BCUT2D eigenvalue weighted by Gasteiger charge is 2.32. The van der Waals surface area contributed by atoms with Crippen molar-refractivity contribution in [2.24, 2.45) is 0 Å². The summed E-state index contributed by atoms with van der Waals surface area (Å²) in [5.74, 6) is 0.548. The van der Waals surface area contributed by atoms with Gasteiger partial charge in [-0.2, -0.15) is 0 Å². The Bertz CT molecular complexity index is 839. The van der Waals surface area contributed by atoms with Gasteiger partial charge in [-0.05, 0) is 44.0 Å². The number of amides is 1. The van der Waals surface area contributed by atoms with E-state index in [2.05, 4.69) is 0 Å². The van der Waals surface area contributed by atoms with Gasteiger partial charge in [0.05, 0.1) is 10.1 Å². The predicted molar refractivity (Wildman–Crippen MR) is 99.9 cm³/mol. The third kappa shape index (κ3) is 4.25.